The van der Waals surface area contributed by atoms with Crippen molar-refractivity contribution in [3.63, 3.8) is 0 Å². The molecule has 0 saturated carbocycles. The SMILES string of the molecule is Cc1cccnc1CNC(=O)N1CCCCC[C@@H]1c1c(C)n[nH]c1C. The summed E-state index contributed by atoms with van der Waals surface area (Å²) in [5.41, 5.74) is 5.23. The number of amides is 2. The summed E-state index contributed by atoms with van der Waals surface area (Å²) in [6.45, 7) is 7.30. The summed E-state index contributed by atoms with van der Waals surface area (Å²) in [7, 11) is 0. The molecule has 2 aromatic rings. The van der Waals surface area contributed by atoms with Gasteiger partial charge in [0.1, 0.15) is 0 Å². The minimum Gasteiger partial charge on any atom is -0.332 e. The molecule has 6 nitrogen and oxygen atoms in total. The number of nitrogens with one attached hydrogen (secondary N) is 2. The number of hydrogen-bond donors (Lipinski definition) is 2. The van der Waals surface area contributed by atoms with Crippen molar-refractivity contribution in [3.05, 3.63) is 46.5 Å². The van der Waals surface area contributed by atoms with Crippen LogP contribution in [-0.2, 0) is 6.54 Å². The fourth-order valence-electron chi connectivity index (χ4n) is 3.67. The van der Waals surface area contributed by atoms with Gasteiger partial charge in [0.2, 0.25) is 0 Å². The van der Waals surface area contributed by atoms with Crippen molar-refractivity contribution in [1.82, 2.24) is 25.4 Å². The largest absolute Gasteiger partial charge is 0.332 e. The lowest BCUT2D eigenvalue weighted by Gasteiger charge is -2.30. The van der Waals surface area contributed by atoms with Gasteiger partial charge in [-0.1, -0.05) is 18.9 Å². The Bertz CT molecular complexity index is 720. The molecule has 2 N–H and O–H groups in total. The Balaban J connectivity index is 1.77. The van der Waals surface area contributed by atoms with E-state index in [2.05, 4.69) is 20.5 Å². The maximum atomic E-state index is 12.9. The molecule has 3 rings (SSSR count). The van der Waals surface area contributed by atoms with Crippen molar-refractivity contribution < 1.29 is 4.79 Å². The average Bonchev–Trinajstić information content (AvgIpc) is 2.80. The third kappa shape index (κ3) is 3.83. The quantitative estimate of drug-likeness (QED) is 0.896. The Labute approximate surface area is 149 Å². The molecule has 2 amide bonds. The standard InChI is InChI=1S/C19H27N5O/c1-13-8-7-10-20-16(13)12-21-19(25)24-11-6-4-5-9-17(24)18-14(2)22-23-15(18)3/h7-8,10,17H,4-6,9,11-12H2,1-3H3,(H,21,25)(H,22,23)/t17-/m1/s1. The van der Waals surface area contributed by atoms with E-state index in [1.807, 2.05) is 37.8 Å². The van der Waals surface area contributed by atoms with Crippen LogP contribution in [0.15, 0.2) is 18.3 Å². The molecule has 1 aliphatic heterocycles. The van der Waals surface area contributed by atoms with Gasteiger partial charge in [-0.25, -0.2) is 4.79 Å². The maximum Gasteiger partial charge on any atom is 0.318 e. The normalized spacial score (nSPS) is 18.0. The molecule has 2 aromatic heterocycles. The highest BCUT2D eigenvalue weighted by atomic mass is 16.2. The number of nitrogens with zero attached hydrogens (tertiary/aromatic N) is 3. The summed E-state index contributed by atoms with van der Waals surface area (Å²) in [6, 6.07) is 4.00. The third-order valence-electron chi connectivity index (χ3n) is 5.06. The van der Waals surface area contributed by atoms with Gasteiger partial charge in [-0.2, -0.15) is 5.10 Å². The van der Waals surface area contributed by atoms with Crippen molar-refractivity contribution >= 4 is 6.03 Å². The monoisotopic (exact) mass is 341 g/mol. The van der Waals surface area contributed by atoms with Crippen LogP contribution in [0.1, 0.15) is 59.9 Å². The Kier molecular flexibility index (Phi) is 5.36. The summed E-state index contributed by atoms with van der Waals surface area (Å²) >= 11 is 0. The van der Waals surface area contributed by atoms with E-state index < -0.39 is 0 Å². The van der Waals surface area contributed by atoms with Crippen LogP contribution in [-0.4, -0.2) is 32.7 Å². The van der Waals surface area contributed by atoms with Gasteiger partial charge < -0.3 is 10.2 Å². The van der Waals surface area contributed by atoms with Crippen molar-refractivity contribution in [1.29, 1.82) is 0 Å². The number of carbonyl (C=O) groups is 1. The predicted molar refractivity (Wildman–Crippen MR) is 97.2 cm³/mol. The van der Waals surface area contributed by atoms with Gasteiger partial charge in [0, 0.05) is 24.0 Å². The fourth-order valence-corrected chi connectivity index (χ4v) is 3.67. The second kappa shape index (κ2) is 7.68. The summed E-state index contributed by atoms with van der Waals surface area (Å²) in [6.07, 6.45) is 6.09. The highest BCUT2D eigenvalue weighted by Gasteiger charge is 2.30. The number of carbonyl (C=O) groups excluding carboxylic acids is 1. The molecule has 1 aliphatic rings. The van der Waals surface area contributed by atoms with E-state index in [1.54, 1.807) is 6.20 Å². The lowest BCUT2D eigenvalue weighted by Crippen LogP contribution is -2.42. The van der Waals surface area contributed by atoms with Gasteiger partial charge in [0.25, 0.3) is 0 Å². The van der Waals surface area contributed by atoms with E-state index in [9.17, 15) is 4.79 Å². The Morgan fingerprint density at radius 3 is 2.88 bits per heavy atom. The molecule has 1 fully saturated rings. The number of pyridine rings is 1. The molecule has 1 saturated heterocycles. The highest BCUT2D eigenvalue weighted by Crippen LogP contribution is 2.33. The predicted octanol–water partition coefficient (Wildman–Crippen LogP) is 3.56. The topological polar surface area (TPSA) is 73.9 Å². The average molecular weight is 341 g/mol. The molecule has 0 spiro atoms. The number of aromatic nitrogens is 3. The molecule has 0 unspecified atom stereocenters. The number of aromatic amines is 1. The Morgan fingerprint density at radius 2 is 2.16 bits per heavy atom. The first-order valence-corrected chi connectivity index (χ1v) is 9.04. The molecular weight excluding hydrogens is 314 g/mol. The number of rotatable bonds is 3. The van der Waals surface area contributed by atoms with E-state index in [0.717, 1.165) is 54.9 Å². The Morgan fingerprint density at radius 1 is 1.32 bits per heavy atom. The van der Waals surface area contributed by atoms with E-state index in [-0.39, 0.29) is 12.1 Å². The zero-order valence-electron chi connectivity index (χ0n) is 15.3. The molecule has 1 atom stereocenters. The summed E-state index contributed by atoms with van der Waals surface area (Å²) in [5, 5.41) is 10.5. The van der Waals surface area contributed by atoms with Crippen molar-refractivity contribution in [2.75, 3.05) is 6.54 Å². The van der Waals surface area contributed by atoms with Crippen molar-refractivity contribution in [3.8, 4) is 0 Å². The van der Waals surface area contributed by atoms with Crippen LogP contribution in [0.2, 0.25) is 0 Å². The van der Waals surface area contributed by atoms with E-state index in [1.165, 1.54) is 5.56 Å². The van der Waals surface area contributed by atoms with E-state index in [4.69, 9.17) is 0 Å². The smallest absolute Gasteiger partial charge is 0.318 e. The van der Waals surface area contributed by atoms with Crippen LogP contribution in [0, 0.1) is 20.8 Å². The third-order valence-corrected chi connectivity index (χ3v) is 5.06. The highest BCUT2D eigenvalue weighted by molar-refractivity contribution is 5.75. The van der Waals surface area contributed by atoms with Crippen LogP contribution < -0.4 is 5.32 Å². The van der Waals surface area contributed by atoms with Crippen LogP contribution in [0.3, 0.4) is 0 Å². The summed E-state index contributed by atoms with van der Waals surface area (Å²) in [4.78, 5) is 19.3. The molecule has 134 valence electrons. The first-order chi connectivity index (χ1) is 12.1. The zero-order chi connectivity index (χ0) is 17.8. The van der Waals surface area contributed by atoms with E-state index in [0.29, 0.717) is 6.54 Å². The van der Waals surface area contributed by atoms with Crippen LogP contribution in [0.5, 0.6) is 0 Å². The van der Waals surface area contributed by atoms with Crippen LogP contribution >= 0.6 is 0 Å². The molecular formula is C19H27N5O. The second-order valence-corrected chi connectivity index (χ2v) is 6.83. The first kappa shape index (κ1) is 17.5. The molecule has 3 heterocycles. The lowest BCUT2D eigenvalue weighted by molar-refractivity contribution is 0.175. The number of aryl methyl sites for hydroxylation is 3. The van der Waals surface area contributed by atoms with Gasteiger partial charge in [-0.05, 0) is 45.2 Å². The molecule has 6 heteroatoms. The molecule has 0 aromatic carbocycles. The van der Waals surface area contributed by atoms with Gasteiger partial charge in [0.05, 0.1) is 24.0 Å². The second-order valence-electron chi connectivity index (χ2n) is 6.83. The number of urea groups is 1. The van der Waals surface area contributed by atoms with Crippen LogP contribution in [0.25, 0.3) is 0 Å². The van der Waals surface area contributed by atoms with E-state index >= 15 is 0 Å². The number of hydrogen-bond acceptors (Lipinski definition) is 3. The van der Waals surface area contributed by atoms with Gasteiger partial charge in [-0.15, -0.1) is 0 Å². The summed E-state index contributed by atoms with van der Waals surface area (Å²) < 4.78 is 0. The minimum atomic E-state index is -0.0167. The molecule has 0 bridgehead atoms. The van der Waals surface area contributed by atoms with Gasteiger partial charge in [0.15, 0.2) is 0 Å². The van der Waals surface area contributed by atoms with Crippen LogP contribution in [0.4, 0.5) is 4.79 Å². The molecule has 0 aliphatic carbocycles. The molecule has 25 heavy (non-hydrogen) atoms. The fraction of sp³-hybridized carbons (Fsp3) is 0.526. The van der Waals surface area contributed by atoms with Gasteiger partial charge in [-0.3, -0.25) is 10.1 Å². The summed E-state index contributed by atoms with van der Waals surface area (Å²) in [5.74, 6) is 0. The first-order valence-electron chi connectivity index (χ1n) is 9.04. The van der Waals surface area contributed by atoms with Crippen molar-refractivity contribution in [2.24, 2.45) is 0 Å². The maximum absolute atomic E-state index is 12.9. The zero-order valence-corrected chi connectivity index (χ0v) is 15.3. The van der Waals surface area contributed by atoms with Crippen molar-refractivity contribution in [2.45, 2.75) is 59.0 Å². The number of likely N-dealkylation sites (tertiary alicyclic amines) is 1. The van der Waals surface area contributed by atoms with Gasteiger partial charge >= 0.3 is 6.03 Å². The lowest BCUT2D eigenvalue weighted by atomic mass is 9.99. The Hall–Kier alpha value is -2.37. The number of H-pyrrole nitrogens is 1. The minimum absolute atomic E-state index is 0.0167. The molecule has 0 radical (unpaired) electrons.